The Hall–Kier alpha value is -4.18. The van der Waals surface area contributed by atoms with E-state index in [0.29, 0.717) is 35.1 Å². The molecule has 42 heavy (non-hydrogen) atoms. The third-order valence-corrected chi connectivity index (χ3v) is 8.51. The number of nitrogens with zero attached hydrogens (tertiary/aromatic N) is 2. The Bertz CT molecular complexity index is 1620. The van der Waals surface area contributed by atoms with Crippen LogP contribution in [0, 0.1) is 5.92 Å². The van der Waals surface area contributed by atoms with Crippen molar-refractivity contribution in [2.45, 2.75) is 58.2 Å². The van der Waals surface area contributed by atoms with Gasteiger partial charge in [0, 0.05) is 67.7 Å². The maximum absolute atomic E-state index is 13.2. The normalized spacial score (nSPS) is 18.9. The van der Waals surface area contributed by atoms with Gasteiger partial charge >= 0.3 is 11.6 Å². The number of fused-ring (bicyclic) bond motifs is 2. The van der Waals surface area contributed by atoms with Gasteiger partial charge in [0.25, 0.3) is 0 Å². The standard InChI is InChI=1S/C32H38N4O6/c1-6-19(2)30(39)42-31(3,4)32(14-23-9-21-7-8-29(38)40-25(21)12-26(23)41-32)13-22-10-27(33)35-16-24(22)11-28(37)36-17-20(18-36)15-34-5/h6-10,12,16,20,34H,11,13-15,17-18H2,1-5H3,(H2,33,35)/b19-6+/t32-/m0/s1. The minimum absolute atomic E-state index is 0.0236. The summed E-state index contributed by atoms with van der Waals surface area (Å²) in [4.78, 5) is 44.2. The van der Waals surface area contributed by atoms with Crippen molar-refractivity contribution in [3.63, 3.8) is 0 Å². The predicted octanol–water partition coefficient (Wildman–Crippen LogP) is 3.19. The molecule has 2 aliphatic rings. The van der Waals surface area contributed by atoms with Crippen molar-refractivity contribution in [2.24, 2.45) is 5.92 Å². The zero-order chi connectivity index (χ0) is 30.2. The summed E-state index contributed by atoms with van der Waals surface area (Å²) in [6, 6.07) is 8.50. The van der Waals surface area contributed by atoms with Gasteiger partial charge in [0.2, 0.25) is 5.91 Å². The Morgan fingerprint density at radius 2 is 2.00 bits per heavy atom. The average molecular weight is 575 g/mol. The molecule has 3 N–H and O–H groups in total. The number of hydrogen-bond acceptors (Lipinski definition) is 9. The summed E-state index contributed by atoms with van der Waals surface area (Å²) in [5.74, 6) is 0.885. The Morgan fingerprint density at radius 3 is 2.71 bits per heavy atom. The molecule has 1 atom stereocenters. The molecule has 0 aliphatic carbocycles. The average Bonchev–Trinajstić information content (AvgIpc) is 3.28. The summed E-state index contributed by atoms with van der Waals surface area (Å²) in [6.45, 7) is 9.45. The molecule has 3 aromatic rings. The highest BCUT2D eigenvalue weighted by Gasteiger charge is 2.54. The second kappa shape index (κ2) is 11.2. The van der Waals surface area contributed by atoms with E-state index in [1.807, 2.05) is 31.9 Å². The third-order valence-electron chi connectivity index (χ3n) is 8.51. The molecule has 0 bridgehead atoms. The molecular weight excluding hydrogens is 536 g/mol. The summed E-state index contributed by atoms with van der Waals surface area (Å²) < 4.78 is 18.2. The number of likely N-dealkylation sites (tertiary alicyclic amines) is 1. The molecular formula is C32H38N4O6. The maximum atomic E-state index is 13.2. The first kappa shape index (κ1) is 29.3. The summed E-state index contributed by atoms with van der Waals surface area (Å²) in [6.07, 6.45) is 4.21. The molecule has 1 saturated heterocycles. The zero-order valence-corrected chi connectivity index (χ0v) is 24.8. The summed E-state index contributed by atoms with van der Waals surface area (Å²) in [5.41, 5.74) is 6.80. The number of aromatic nitrogens is 1. The van der Waals surface area contributed by atoms with E-state index in [-0.39, 0.29) is 18.7 Å². The number of carbonyl (C=O) groups is 2. The van der Waals surface area contributed by atoms with Gasteiger partial charge in [-0.3, -0.25) is 4.79 Å². The molecule has 10 heteroatoms. The first-order chi connectivity index (χ1) is 19.9. The van der Waals surface area contributed by atoms with Crippen LogP contribution >= 0.6 is 0 Å². The molecule has 5 rings (SSSR count). The molecule has 1 fully saturated rings. The van der Waals surface area contributed by atoms with Crippen LogP contribution in [0.3, 0.4) is 0 Å². The number of ether oxygens (including phenoxy) is 2. The van der Waals surface area contributed by atoms with Crippen molar-refractivity contribution in [3.05, 3.63) is 75.3 Å². The highest BCUT2D eigenvalue weighted by atomic mass is 16.6. The van der Waals surface area contributed by atoms with Gasteiger partial charge in [-0.05, 0) is 69.6 Å². The van der Waals surface area contributed by atoms with Crippen LogP contribution in [0.5, 0.6) is 5.75 Å². The van der Waals surface area contributed by atoms with Gasteiger partial charge in [0.15, 0.2) is 5.60 Å². The van der Waals surface area contributed by atoms with Gasteiger partial charge < -0.3 is 29.8 Å². The molecule has 2 aromatic heterocycles. The van der Waals surface area contributed by atoms with Crippen molar-refractivity contribution in [2.75, 3.05) is 32.4 Å². The van der Waals surface area contributed by atoms with Crippen molar-refractivity contribution in [3.8, 4) is 5.75 Å². The molecule has 222 valence electrons. The van der Waals surface area contributed by atoms with Crippen LogP contribution in [-0.4, -0.2) is 59.6 Å². The number of nitrogens with two attached hydrogens (primary N) is 1. The van der Waals surface area contributed by atoms with Crippen molar-refractivity contribution in [1.29, 1.82) is 0 Å². The number of nitrogens with one attached hydrogen (secondary N) is 1. The van der Waals surface area contributed by atoms with Crippen molar-refractivity contribution >= 4 is 28.7 Å². The van der Waals surface area contributed by atoms with E-state index in [4.69, 9.17) is 19.6 Å². The highest BCUT2D eigenvalue weighted by Crippen LogP contribution is 2.46. The lowest BCUT2D eigenvalue weighted by molar-refractivity contribution is -0.174. The lowest BCUT2D eigenvalue weighted by Crippen LogP contribution is -2.58. The van der Waals surface area contributed by atoms with Crippen LogP contribution in [0.25, 0.3) is 11.0 Å². The largest absolute Gasteiger partial charge is 0.482 e. The summed E-state index contributed by atoms with van der Waals surface area (Å²) in [7, 11) is 1.91. The van der Waals surface area contributed by atoms with E-state index >= 15 is 0 Å². The van der Waals surface area contributed by atoms with Crippen LogP contribution in [0.1, 0.15) is 44.4 Å². The zero-order valence-electron chi connectivity index (χ0n) is 24.8. The first-order valence-corrected chi connectivity index (χ1v) is 14.2. The lowest BCUT2D eigenvalue weighted by atomic mass is 9.76. The maximum Gasteiger partial charge on any atom is 0.336 e. The van der Waals surface area contributed by atoms with Crippen LogP contribution in [0.15, 0.2) is 57.4 Å². The van der Waals surface area contributed by atoms with Gasteiger partial charge in [-0.2, -0.15) is 0 Å². The molecule has 0 saturated carbocycles. The third kappa shape index (κ3) is 5.63. The Morgan fingerprint density at radius 1 is 1.24 bits per heavy atom. The van der Waals surface area contributed by atoms with E-state index in [0.717, 1.165) is 41.7 Å². The summed E-state index contributed by atoms with van der Waals surface area (Å²) in [5, 5.41) is 3.92. The van der Waals surface area contributed by atoms with E-state index < -0.39 is 22.8 Å². The fourth-order valence-electron chi connectivity index (χ4n) is 5.74. The van der Waals surface area contributed by atoms with Crippen LogP contribution in [0.2, 0.25) is 0 Å². The first-order valence-electron chi connectivity index (χ1n) is 14.2. The van der Waals surface area contributed by atoms with E-state index in [1.165, 1.54) is 6.07 Å². The number of hydrogen-bond donors (Lipinski definition) is 2. The molecule has 4 heterocycles. The van der Waals surface area contributed by atoms with Crippen molar-refractivity contribution < 1.29 is 23.5 Å². The number of carbonyl (C=O) groups excluding carboxylic acids is 2. The molecule has 2 aliphatic heterocycles. The molecule has 1 amide bonds. The molecule has 0 unspecified atom stereocenters. The highest BCUT2D eigenvalue weighted by molar-refractivity contribution is 5.88. The fraction of sp³-hybridized carbons (Fsp3) is 0.438. The van der Waals surface area contributed by atoms with E-state index in [9.17, 15) is 14.4 Å². The SMILES string of the molecule is C/C=C(\C)C(=O)OC(C)(C)[C@]1(Cc2cc(N)ncc2CC(=O)N2CC(CNC)C2)Cc2cc3ccc(=O)oc3cc2O1. The number of anilines is 1. The minimum atomic E-state index is -1.13. The predicted molar refractivity (Wildman–Crippen MR) is 159 cm³/mol. The van der Waals surface area contributed by atoms with Gasteiger partial charge in [-0.25, -0.2) is 14.6 Å². The second-order valence-corrected chi connectivity index (χ2v) is 11.9. The van der Waals surface area contributed by atoms with Gasteiger partial charge in [0.05, 0.1) is 6.42 Å². The number of benzene rings is 1. The van der Waals surface area contributed by atoms with Gasteiger partial charge in [-0.15, -0.1) is 0 Å². The van der Waals surface area contributed by atoms with Gasteiger partial charge in [-0.1, -0.05) is 6.08 Å². The van der Waals surface area contributed by atoms with Crippen LogP contribution in [-0.2, 0) is 33.6 Å². The molecule has 10 nitrogen and oxygen atoms in total. The Labute approximate surface area is 244 Å². The summed E-state index contributed by atoms with van der Waals surface area (Å²) >= 11 is 0. The number of nitrogen functional groups attached to an aromatic ring is 1. The minimum Gasteiger partial charge on any atom is -0.482 e. The van der Waals surface area contributed by atoms with Crippen LogP contribution in [0.4, 0.5) is 5.82 Å². The molecule has 1 aromatic carbocycles. The van der Waals surface area contributed by atoms with Crippen LogP contribution < -0.4 is 21.4 Å². The Balaban J connectivity index is 1.51. The number of amides is 1. The number of esters is 1. The van der Waals surface area contributed by atoms with Crippen molar-refractivity contribution in [1.82, 2.24) is 15.2 Å². The van der Waals surface area contributed by atoms with E-state index in [1.54, 1.807) is 44.3 Å². The number of rotatable bonds is 9. The lowest BCUT2D eigenvalue weighted by Gasteiger charge is -2.43. The van der Waals surface area contributed by atoms with Gasteiger partial charge in [0.1, 0.15) is 22.8 Å². The fourth-order valence-corrected chi connectivity index (χ4v) is 5.74. The molecule has 0 spiro atoms. The topological polar surface area (TPSA) is 137 Å². The molecule has 0 radical (unpaired) electrons. The quantitative estimate of drug-likeness (QED) is 0.224. The monoisotopic (exact) mass is 574 g/mol. The second-order valence-electron chi connectivity index (χ2n) is 11.9. The smallest absolute Gasteiger partial charge is 0.336 e. The number of allylic oxidation sites excluding steroid dienone is 1. The Kier molecular flexibility index (Phi) is 7.85. The van der Waals surface area contributed by atoms with E-state index in [2.05, 4.69) is 10.3 Å². The number of pyridine rings is 1.